The number of fused-ring (bicyclic) bond motifs is 1. The Bertz CT molecular complexity index is 1230. The molecule has 2 aromatic heterocycles. The quantitative estimate of drug-likeness (QED) is 0.453. The number of methoxy groups -OCH3 is 1. The smallest absolute Gasteiger partial charge is 0.410 e. The molecule has 3 aromatic rings. The van der Waals surface area contributed by atoms with Gasteiger partial charge in [-0.3, -0.25) is 0 Å². The number of rotatable bonds is 5. The summed E-state index contributed by atoms with van der Waals surface area (Å²) in [6, 6.07) is 8.08. The minimum absolute atomic E-state index is 0.0885. The number of hydrogen-bond donors (Lipinski definition) is 0. The van der Waals surface area contributed by atoms with E-state index in [1.54, 1.807) is 18.3 Å². The number of hydrogen-bond acceptors (Lipinski definition) is 8. The van der Waals surface area contributed by atoms with Gasteiger partial charge in [-0.1, -0.05) is 0 Å². The molecule has 1 aliphatic carbocycles. The summed E-state index contributed by atoms with van der Waals surface area (Å²) in [6.45, 7) is 8.31. The number of amides is 1. The molecule has 1 amide bonds. The van der Waals surface area contributed by atoms with Gasteiger partial charge in [0, 0.05) is 45.0 Å². The van der Waals surface area contributed by atoms with Crippen LogP contribution in [0.5, 0.6) is 11.6 Å². The van der Waals surface area contributed by atoms with E-state index < -0.39 is 5.60 Å². The molecule has 192 valence electrons. The van der Waals surface area contributed by atoms with Crippen molar-refractivity contribution in [2.75, 3.05) is 38.2 Å². The first-order valence-corrected chi connectivity index (χ1v) is 12.5. The lowest BCUT2D eigenvalue weighted by Crippen LogP contribution is -2.50. The highest BCUT2D eigenvalue weighted by atomic mass is 35.5. The number of nitrogens with zero attached hydrogens (tertiary/aromatic N) is 6. The molecule has 36 heavy (non-hydrogen) atoms. The van der Waals surface area contributed by atoms with Gasteiger partial charge in [-0.2, -0.15) is 9.97 Å². The zero-order valence-corrected chi connectivity index (χ0v) is 21.7. The van der Waals surface area contributed by atoms with Crippen molar-refractivity contribution in [3.63, 3.8) is 0 Å². The Morgan fingerprint density at radius 1 is 1.06 bits per heavy atom. The second-order valence-corrected chi connectivity index (χ2v) is 10.5. The predicted octanol–water partition coefficient (Wildman–Crippen LogP) is 4.68. The predicted molar refractivity (Wildman–Crippen MR) is 136 cm³/mol. The summed E-state index contributed by atoms with van der Waals surface area (Å²) in [4.78, 5) is 29.3. The standard InChI is InChI=1S/C25H31ClN6O4/c1-25(2,3)36-24(33)31-11-9-30(10-12-31)16-5-7-18(8-6-16)35-22-20-21(28-23(26)29-22)27-15-32(20)17-13-19(14-17)34-4/h5-8,15,17,19H,9-14H2,1-4H3. The molecular weight excluding hydrogens is 484 g/mol. The first-order chi connectivity index (χ1) is 17.2. The number of carbonyl (C=O) groups is 1. The molecule has 0 spiro atoms. The summed E-state index contributed by atoms with van der Waals surface area (Å²) in [5.41, 5.74) is 1.79. The Balaban J connectivity index is 1.26. The molecule has 0 atom stereocenters. The Labute approximate surface area is 215 Å². The molecule has 0 bridgehead atoms. The van der Waals surface area contributed by atoms with Crippen molar-refractivity contribution in [1.82, 2.24) is 24.4 Å². The summed E-state index contributed by atoms with van der Waals surface area (Å²) in [7, 11) is 1.73. The van der Waals surface area contributed by atoms with E-state index in [-0.39, 0.29) is 23.5 Å². The number of anilines is 1. The van der Waals surface area contributed by atoms with E-state index in [2.05, 4.69) is 24.4 Å². The molecule has 1 saturated carbocycles. The van der Waals surface area contributed by atoms with E-state index in [0.29, 0.717) is 30.4 Å². The van der Waals surface area contributed by atoms with E-state index in [9.17, 15) is 4.79 Å². The first kappa shape index (κ1) is 24.6. The van der Waals surface area contributed by atoms with Gasteiger partial charge in [0.25, 0.3) is 0 Å². The molecule has 11 heteroatoms. The zero-order chi connectivity index (χ0) is 25.4. The number of ether oxygens (including phenoxy) is 3. The molecule has 0 N–H and O–H groups in total. The van der Waals surface area contributed by atoms with E-state index in [0.717, 1.165) is 37.1 Å². The van der Waals surface area contributed by atoms with Crippen LogP contribution in [0.2, 0.25) is 5.28 Å². The highest BCUT2D eigenvalue weighted by Crippen LogP contribution is 2.39. The number of halogens is 1. The summed E-state index contributed by atoms with van der Waals surface area (Å²) in [5, 5.41) is 0.0885. The lowest BCUT2D eigenvalue weighted by Gasteiger charge is -2.36. The Morgan fingerprint density at radius 3 is 2.39 bits per heavy atom. The van der Waals surface area contributed by atoms with Gasteiger partial charge in [0.1, 0.15) is 11.4 Å². The molecule has 10 nitrogen and oxygen atoms in total. The maximum Gasteiger partial charge on any atom is 0.410 e. The largest absolute Gasteiger partial charge is 0.444 e. The molecule has 1 aromatic carbocycles. The fourth-order valence-electron chi connectivity index (χ4n) is 4.50. The van der Waals surface area contributed by atoms with Gasteiger partial charge in [0.05, 0.1) is 12.4 Å². The van der Waals surface area contributed by atoms with E-state index in [1.165, 1.54) is 0 Å². The van der Waals surface area contributed by atoms with Crippen LogP contribution in [0.15, 0.2) is 30.6 Å². The average molecular weight is 515 g/mol. The van der Waals surface area contributed by atoms with E-state index in [1.807, 2.05) is 45.0 Å². The minimum Gasteiger partial charge on any atom is -0.444 e. The normalized spacial score (nSPS) is 20.4. The SMILES string of the molecule is COC1CC(n2cnc3nc(Cl)nc(Oc4ccc(N5CCN(C(=O)OC(C)(C)C)CC5)cc4)c32)C1. The highest BCUT2D eigenvalue weighted by Gasteiger charge is 2.33. The third kappa shape index (κ3) is 5.19. The molecule has 2 fully saturated rings. The van der Waals surface area contributed by atoms with Crippen LogP contribution in [-0.2, 0) is 9.47 Å². The Kier molecular flexibility index (Phi) is 6.65. The van der Waals surface area contributed by atoms with Crippen LogP contribution < -0.4 is 9.64 Å². The van der Waals surface area contributed by atoms with Crippen molar-refractivity contribution in [3.05, 3.63) is 35.9 Å². The van der Waals surface area contributed by atoms with Gasteiger partial charge in [0.15, 0.2) is 11.2 Å². The van der Waals surface area contributed by atoms with E-state index >= 15 is 0 Å². The summed E-state index contributed by atoms with van der Waals surface area (Å²) < 4.78 is 19.1. The third-order valence-corrected chi connectivity index (χ3v) is 6.68. The van der Waals surface area contributed by atoms with Crippen molar-refractivity contribution in [3.8, 4) is 11.6 Å². The van der Waals surface area contributed by atoms with Crippen LogP contribution in [0.4, 0.5) is 10.5 Å². The maximum absolute atomic E-state index is 12.3. The number of benzene rings is 1. The van der Waals surface area contributed by atoms with Crippen molar-refractivity contribution in [1.29, 1.82) is 0 Å². The Hall–Kier alpha value is -3.11. The third-order valence-electron chi connectivity index (χ3n) is 6.51. The van der Waals surface area contributed by atoms with Gasteiger partial charge < -0.3 is 28.6 Å². The average Bonchev–Trinajstić information content (AvgIpc) is 3.21. The lowest BCUT2D eigenvalue weighted by molar-refractivity contribution is 0.00724. The molecule has 3 heterocycles. The Morgan fingerprint density at radius 2 is 1.75 bits per heavy atom. The fraction of sp³-hybridized carbons (Fsp3) is 0.520. The summed E-state index contributed by atoms with van der Waals surface area (Å²) >= 11 is 6.15. The molecule has 5 rings (SSSR count). The molecule has 0 unspecified atom stereocenters. The van der Waals surface area contributed by atoms with Crippen LogP contribution in [-0.4, -0.2) is 75.5 Å². The summed E-state index contributed by atoms with van der Waals surface area (Å²) in [6.07, 6.45) is 3.56. The van der Waals surface area contributed by atoms with Crippen molar-refractivity contribution >= 4 is 34.5 Å². The van der Waals surface area contributed by atoms with Crippen LogP contribution in [0.25, 0.3) is 11.2 Å². The molecule has 0 radical (unpaired) electrons. The fourth-order valence-corrected chi connectivity index (χ4v) is 4.66. The molecular formula is C25H31ClN6O4. The first-order valence-electron chi connectivity index (χ1n) is 12.1. The van der Waals surface area contributed by atoms with E-state index in [4.69, 9.17) is 25.8 Å². The second-order valence-electron chi connectivity index (χ2n) is 10.2. The molecule has 1 aliphatic heterocycles. The number of aromatic nitrogens is 4. The molecule has 2 aliphatic rings. The lowest BCUT2D eigenvalue weighted by atomic mass is 9.89. The van der Waals surface area contributed by atoms with Crippen molar-refractivity contribution in [2.45, 2.75) is 51.4 Å². The monoisotopic (exact) mass is 514 g/mol. The number of imidazole rings is 1. The minimum atomic E-state index is -0.495. The number of piperazine rings is 1. The van der Waals surface area contributed by atoms with Crippen LogP contribution in [0.1, 0.15) is 39.7 Å². The van der Waals surface area contributed by atoms with Crippen LogP contribution in [0.3, 0.4) is 0 Å². The number of carbonyl (C=O) groups excluding carboxylic acids is 1. The van der Waals surface area contributed by atoms with Crippen molar-refractivity contribution < 1.29 is 19.0 Å². The van der Waals surface area contributed by atoms with Crippen LogP contribution >= 0.6 is 11.6 Å². The summed E-state index contributed by atoms with van der Waals surface area (Å²) in [5.74, 6) is 1.01. The van der Waals surface area contributed by atoms with Crippen LogP contribution in [0, 0.1) is 0 Å². The zero-order valence-electron chi connectivity index (χ0n) is 21.0. The van der Waals surface area contributed by atoms with Gasteiger partial charge in [-0.05, 0) is 69.5 Å². The van der Waals surface area contributed by atoms with Gasteiger partial charge >= 0.3 is 6.09 Å². The topological polar surface area (TPSA) is 94.8 Å². The van der Waals surface area contributed by atoms with Gasteiger partial charge in [0.2, 0.25) is 11.2 Å². The second kappa shape index (κ2) is 9.74. The van der Waals surface area contributed by atoms with Gasteiger partial charge in [-0.15, -0.1) is 0 Å². The highest BCUT2D eigenvalue weighted by molar-refractivity contribution is 6.28. The van der Waals surface area contributed by atoms with Crippen molar-refractivity contribution in [2.24, 2.45) is 0 Å². The van der Waals surface area contributed by atoms with Gasteiger partial charge in [-0.25, -0.2) is 9.78 Å². The maximum atomic E-state index is 12.3. The molecule has 1 saturated heterocycles.